The van der Waals surface area contributed by atoms with Crippen molar-refractivity contribution in [3.63, 3.8) is 0 Å². The molecule has 0 bridgehead atoms. The van der Waals surface area contributed by atoms with Crippen molar-refractivity contribution in [2.24, 2.45) is 0 Å². The van der Waals surface area contributed by atoms with Crippen LogP contribution >= 0.6 is 23.2 Å². The number of rotatable bonds is 1. The highest BCUT2D eigenvalue weighted by Crippen LogP contribution is 2.31. The molecule has 0 fully saturated rings. The highest BCUT2D eigenvalue weighted by atomic mass is 35.5. The Hall–Kier alpha value is -1.46. The van der Waals surface area contributed by atoms with E-state index in [0.29, 0.717) is 6.20 Å². The molecule has 1 heterocycles. The monoisotopic (exact) mass is 307 g/mol. The summed E-state index contributed by atoms with van der Waals surface area (Å²) in [5.41, 5.74) is -1.47. The van der Waals surface area contributed by atoms with E-state index < -0.39 is 17.3 Å². The van der Waals surface area contributed by atoms with E-state index in [0.717, 1.165) is 16.7 Å². The topological polar surface area (TPSA) is 22.0 Å². The van der Waals surface area contributed by atoms with Crippen molar-refractivity contribution < 1.29 is 13.2 Å². The van der Waals surface area contributed by atoms with Crippen LogP contribution in [0.4, 0.5) is 13.2 Å². The molecule has 0 amide bonds. The van der Waals surface area contributed by atoms with Crippen molar-refractivity contribution in [3.05, 3.63) is 62.5 Å². The van der Waals surface area contributed by atoms with Crippen LogP contribution < -0.4 is 5.56 Å². The fraction of sp³-hybridized carbons (Fsp3) is 0.0833. The van der Waals surface area contributed by atoms with Crippen LogP contribution in [0, 0.1) is 0 Å². The third kappa shape index (κ3) is 2.77. The maximum absolute atomic E-state index is 12.6. The molecule has 0 spiro atoms. The van der Waals surface area contributed by atoms with Crippen LogP contribution in [0.3, 0.4) is 0 Å². The fourth-order valence-electron chi connectivity index (χ4n) is 1.52. The highest BCUT2D eigenvalue weighted by molar-refractivity contribution is 6.43. The zero-order valence-electron chi connectivity index (χ0n) is 9.21. The SMILES string of the molecule is O=c1ccc(C(F)(F)F)cn1-c1cccc(Cl)c1Cl. The second-order valence-electron chi connectivity index (χ2n) is 3.70. The third-order valence-electron chi connectivity index (χ3n) is 2.43. The summed E-state index contributed by atoms with van der Waals surface area (Å²) >= 11 is 11.7. The summed E-state index contributed by atoms with van der Waals surface area (Å²) in [5, 5.41) is 0.175. The minimum atomic E-state index is -4.54. The predicted octanol–water partition coefficient (Wildman–Crippen LogP) is 4.16. The summed E-state index contributed by atoms with van der Waals surface area (Å²) in [6, 6.07) is 5.94. The van der Waals surface area contributed by atoms with Gasteiger partial charge in [-0.2, -0.15) is 13.2 Å². The zero-order chi connectivity index (χ0) is 14.2. The molecule has 2 aromatic rings. The standard InChI is InChI=1S/C12H6Cl2F3NO/c13-8-2-1-3-9(11(8)14)18-6-7(12(15,16)17)4-5-10(18)19/h1-6H. The molecule has 2 rings (SSSR count). The first-order valence-electron chi connectivity index (χ1n) is 5.05. The van der Waals surface area contributed by atoms with E-state index in [1.54, 1.807) is 0 Å². The van der Waals surface area contributed by atoms with Crippen LogP contribution in [-0.4, -0.2) is 4.57 Å². The molecule has 0 aliphatic rings. The van der Waals surface area contributed by atoms with Gasteiger partial charge >= 0.3 is 6.18 Å². The molecule has 0 aliphatic heterocycles. The third-order valence-corrected chi connectivity index (χ3v) is 3.24. The van der Waals surface area contributed by atoms with Crippen LogP contribution in [0.1, 0.15) is 5.56 Å². The minimum Gasteiger partial charge on any atom is -0.282 e. The second-order valence-corrected chi connectivity index (χ2v) is 4.48. The Morgan fingerprint density at radius 3 is 2.37 bits per heavy atom. The van der Waals surface area contributed by atoms with Gasteiger partial charge < -0.3 is 0 Å². The van der Waals surface area contributed by atoms with Gasteiger partial charge in [-0.05, 0) is 18.2 Å². The lowest BCUT2D eigenvalue weighted by molar-refractivity contribution is -0.138. The van der Waals surface area contributed by atoms with Gasteiger partial charge in [0.05, 0.1) is 21.3 Å². The van der Waals surface area contributed by atoms with E-state index in [-0.39, 0.29) is 15.7 Å². The minimum absolute atomic E-state index is 0.0191. The van der Waals surface area contributed by atoms with Gasteiger partial charge in [-0.25, -0.2) is 0 Å². The van der Waals surface area contributed by atoms with Gasteiger partial charge in [0, 0.05) is 12.3 Å². The average Bonchev–Trinajstić information content (AvgIpc) is 2.32. The second kappa shape index (κ2) is 4.90. The first kappa shape index (κ1) is 14.0. The zero-order valence-corrected chi connectivity index (χ0v) is 10.7. The molecule has 0 atom stereocenters. The van der Waals surface area contributed by atoms with Crippen LogP contribution in [0.25, 0.3) is 5.69 Å². The van der Waals surface area contributed by atoms with Gasteiger partial charge in [-0.15, -0.1) is 0 Å². The van der Waals surface area contributed by atoms with Gasteiger partial charge in [0.1, 0.15) is 0 Å². The van der Waals surface area contributed by atoms with E-state index in [9.17, 15) is 18.0 Å². The summed E-state index contributed by atoms with van der Waals surface area (Å²) < 4.78 is 38.7. The number of benzene rings is 1. The molecule has 0 aliphatic carbocycles. The molecule has 0 N–H and O–H groups in total. The molecule has 2 nitrogen and oxygen atoms in total. The lowest BCUT2D eigenvalue weighted by atomic mass is 10.2. The fourth-order valence-corrected chi connectivity index (χ4v) is 1.91. The maximum atomic E-state index is 12.6. The lowest BCUT2D eigenvalue weighted by Gasteiger charge is -2.12. The van der Waals surface area contributed by atoms with Crippen molar-refractivity contribution in [1.82, 2.24) is 4.57 Å². The van der Waals surface area contributed by atoms with Crippen LogP contribution in [0.15, 0.2) is 41.3 Å². The number of pyridine rings is 1. The van der Waals surface area contributed by atoms with Crippen LogP contribution in [0.2, 0.25) is 10.0 Å². The predicted molar refractivity (Wildman–Crippen MR) is 67.1 cm³/mol. The van der Waals surface area contributed by atoms with Gasteiger partial charge in [-0.3, -0.25) is 9.36 Å². The summed E-state index contributed by atoms with van der Waals surface area (Å²) in [7, 11) is 0. The molecular formula is C12H6Cl2F3NO. The van der Waals surface area contributed by atoms with Crippen molar-refractivity contribution >= 4 is 23.2 Å². The Labute approximate surface area is 116 Å². The molecule has 100 valence electrons. The summed E-state index contributed by atoms with van der Waals surface area (Å²) in [6.45, 7) is 0. The van der Waals surface area contributed by atoms with E-state index in [2.05, 4.69) is 0 Å². The van der Waals surface area contributed by atoms with Gasteiger partial charge in [0.2, 0.25) is 0 Å². The number of hydrogen-bond acceptors (Lipinski definition) is 1. The largest absolute Gasteiger partial charge is 0.417 e. The summed E-state index contributed by atoms with van der Waals surface area (Å²) in [5.74, 6) is 0. The summed E-state index contributed by atoms with van der Waals surface area (Å²) in [4.78, 5) is 11.7. The Morgan fingerprint density at radius 1 is 1.05 bits per heavy atom. The van der Waals surface area contributed by atoms with Crippen molar-refractivity contribution in [1.29, 1.82) is 0 Å². The molecule has 0 unspecified atom stereocenters. The Morgan fingerprint density at radius 2 is 1.74 bits per heavy atom. The molecule has 0 radical (unpaired) electrons. The first-order chi connectivity index (χ1) is 8.80. The first-order valence-corrected chi connectivity index (χ1v) is 5.80. The molecule has 7 heteroatoms. The maximum Gasteiger partial charge on any atom is 0.417 e. The average molecular weight is 308 g/mol. The number of aromatic nitrogens is 1. The lowest BCUT2D eigenvalue weighted by Crippen LogP contribution is -2.20. The number of hydrogen-bond donors (Lipinski definition) is 0. The van der Waals surface area contributed by atoms with Crippen LogP contribution in [-0.2, 0) is 6.18 Å². The summed E-state index contributed by atoms with van der Waals surface area (Å²) in [6.07, 6.45) is -3.85. The highest BCUT2D eigenvalue weighted by Gasteiger charge is 2.31. The van der Waals surface area contributed by atoms with E-state index in [1.165, 1.54) is 18.2 Å². The Balaban J connectivity index is 2.69. The van der Waals surface area contributed by atoms with Gasteiger partial charge in [0.25, 0.3) is 5.56 Å². The van der Waals surface area contributed by atoms with Crippen LogP contribution in [0.5, 0.6) is 0 Å². The molecule has 0 saturated carbocycles. The number of alkyl halides is 3. The van der Waals surface area contributed by atoms with E-state index >= 15 is 0 Å². The van der Waals surface area contributed by atoms with E-state index in [1.807, 2.05) is 0 Å². The molecule has 1 aromatic carbocycles. The number of halogens is 5. The van der Waals surface area contributed by atoms with E-state index in [4.69, 9.17) is 23.2 Å². The van der Waals surface area contributed by atoms with Crippen molar-refractivity contribution in [2.75, 3.05) is 0 Å². The van der Waals surface area contributed by atoms with Gasteiger partial charge in [0.15, 0.2) is 0 Å². The molecule has 0 saturated heterocycles. The van der Waals surface area contributed by atoms with Crippen molar-refractivity contribution in [2.45, 2.75) is 6.18 Å². The van der Waals surface area contributed by atoms with Gasteiger partial charge in [-0.1, -0.05) is 29.3 Å². The smallest absolute Gasteiger partial charge is 0.282 e. The normalized spacial score (nSPS) is 11.6. The Kier molecular flexibility index (Phi) is 3.60. The molecule has 1 aromatic heterocycles. The number of nitrogens with zero attached hydrogens (tertiary/aromatic N) is 1. The Bertz CT molecular complexity index is 679. The molecule has 19 heavy (non-hydrogen) atoms. The molecular weight excluding hydrogens is 302 g/mol. The van der Waals surface area contributed by atoms with Crippen molar-refractivity contribution in [3.8, 4) is 5.69 Å². The quantitative estimate of drug-likeness (QED) is 0.775.